The van der Waals surface area contributed by atoms with Gasteiger partial charge in [-0.3, -0.25) is 9.59 Å². The van der Waals surface area contributed by atoms with Gasteiger partial charge in [0, 0.05) is 13.1 Å². The molecule has 0 radical (unpaired) electrons. The van der Waals surface area contributed by atoms with Gasteiger partial charge in [-0.15, -0.1) is 0 Å². The van der Waals surface area contributed by atoms with Crippen LogP contribution in [0, 0.1) is 13.8 Å². The first-order valence-electron chi connectivity index (χ1n) is 15.1. The smallest absolute Gasteiger partial charge is 0.325 e. The van der Waals surface area contributed by atoms with Crippen LogP contribution in [0.4, 0.5) is 26.3 Å². The molecule has 0 aliphatic heterocycles. The van der Waals surface area contributed by atoms with Crippen molar-refractivity contribution >= 4 is 22.1 Å². The molecule has 6 rings (SSSR count). The number of aromatic amines is 2. The molecule has 0 saturated carbocycles. The number of benzene rings is 2. The van der Waals surface area contributed by atoms with Crippen LogP contribution < -0.4 is 22.6 Å². The van der Waals surface area contributed by atoms with Crippen molar-refractivity contribution in [3.63, 3.8) is 0 Å². The Kier molecular flexibility index (Phi) is 9.71. The van der Waals surface area contributed by atoms with Gasteiger partial charge in [0.2, 0.25) is 0 Å². The molecule has 0 fully saturated rings. The van der Waals surface area contributed by atoms with Gasteiger partial charge in [0.05, 0.1) is 34.6 Å². The highest BCUT2D eigenvalue weighted by atomic mass is 19.4. The van der Waals surface area contributed by atoms with Crippen LogP contribution in [0.5, 0.6) is 0 Å². The van der Waals surface area contributed by atoms with Crippen molar-refractivity contribution in [2.24, 2.45) is 11.5 Å². The number of alkyl halides is 6. The molecule has 0 saturated heterocycles. The molecule has 50 heavy (non-hydrogen) atoms. The summed E-state index contributed by atoms with van der Waals surface area (Å²) in [4.78, 5) is 38.2. The highest BCUT2D eigenvalue weighted by Gasteiger charge is 2.31. The molecule has 2 aromatic carbocycles. The van der Waals surface area contributed by atoms with Gasteiger partial charge < -0.3 is 21.4 Å². The van der Waals surface area contributed by atoms with Gasteiger partial charge in [0.15, 0.2) is 11.3 Å². The van der Waals surface area contributed by atoms with Gasteiger partial charge in [0.25, 0.3) is 11.1 Å². The quantitative estimate of drug-likeness (QED) is 0.175. The van der Waals surface area contributed by atoms with Crippen molar-refractivity contribution in [2.45, 2.75) is 65.2 Å². The second kappa shape index (κ2) is 13.5. The lowest BCUT2D eigenvalue weighted by atomic mass is 10.1. The summed E-state index contributed by atoms with van der Waals surface area (Å²) in [5, 5.41) is 9.28. The molecule has 4 heterocycles. The predicted octanol–water partition coefficient (Wildman–Crippen LogP) is 5.03. The molecule has 0 unspecified atom stereocenters. The molecule has 0 spiro atoms. The van der Waals surface area contributed by atoms with Gasteiger partial charge in [-0.1, -0.05) is 24.3 Å². The number of nitrogens with zero attached hydrogens (tertiary/aromatic N) is 6. The van der Waals surface area contributed by atoms with E-state index in [1.807, 2.05) is 0 Å². The van der Waals surface area contributed by atoms with E-state index >= 15 is 0 Å². The van der Waals surface area contributed by atoms with E-state index in [-0.39, 0.29) is 24.2 Å². The van der Waals surface area contributed by atoms with Gasteiger partial charge in [0.1, 0.15) is 22.4 Å². The molecule has 0 aliphatic carbocycles. The van der Waals surface area contributed by atoms with Crippen LogP contribution in [-0.2, 0) is 25.4 Å². The van der Waals surface area contributed by atoms with E-state index in [2.05, 4.69) is 30.1 Å². The summed E-state index contributed by atoms with van der Waals surface area (Å²) in [6.07, 6.45) is -8.78. The van der Waals surface area contributed by atoms with Crippen molar-refractivity contribution in [2.75, 3.05) is 0 Å². The van der Waals surface area contributed by atoms with Gasteiger partial charge in [-0.2, -0.15) is 36.5 Å². The molecule has 0 amide bonds. The first kappa shape index (κ1) is 35.9. The van der Waals surface area contributed by atoms with Crippen molar-refractivity contribution in [3.05, 3.63) is 115 Å². The van der Waals surface area contributed by atoms with Crippen LogP contribution in [0.1, 0.15) is 71.2 Å². The Hall–Kier alpha value is -5.36. The van der Waals surface area contributed by atoms with Crippen LogP contribution in [0.25, 0.3) is 22.1 Å². The minimum Gasteiger partial charge on any atom is -0.325 e. The molecule has 0 bridgehead atoms. The average Bonchev–Trinajstić information content (AvgIpc) is 3.62. The first-order chi connectivity index (χ1) is 23.4. The normalized spacial score (nSPS) is 13.4. The Bertz CT molecular complexity index is 2110. The monoisotopic (exact) mass is 702 g/mol. The van der Waals surface area contributed by atoms with E-state index in [1.165, 1.54) is 33.6 Å². The number of hydrogen-bond donors (Lipinski definition) is 4. The molecule has 2 atom stereocenters. The Morgan fingerprint density at radius 3 is 1.24 bits per heavy atom. The van der Waals surface area contributed by atoms with Crippen LogP contribution >= 0.6 is 0 Å². The van der Waals surface area contributed by atoms with Crippen molar-refractivity contribution in [1.29, 1.82) is 0 Å². The maximum absolute atomic E-state index is 12.7. The summed E-state index contributed by atoms with van der Waals surface area (Å²) in [5.41, 5.74) is 11.9. The third kappa shape index (κ3) is 7.02. The summed E-state index contributed by atoms with van der Waals surface area (Å²) in [6, 6.07) is 8.82. The largest absolute Gasteiger partial charge is 0.416 e. The number of fused-ring (bicyclic) bond motifs is 2. The van der Waals surface area contributed by atoms with Gasteiger partial charge in [-0.05, 0) is 63.1 Å². The molecule has 0 aliphatic rings. The zero-order valence-corrected chi connectivity index (χ0v) is 27.1. The Balaban J connectivity index is 0.000000194. The van der Waals surface area contributed by atoms with Gasteiger partial charge >= 0.3 is 12.4 Å². The van der Waals surface area contributed by atoms with E-state index in [1.54, 1.807) is 27.7 Å². The maximum atomic E-state index is 12.7. The van der Waals surface area contributed by atoms with E-state index in [4.69, 9.17) is 11.5 Å². The van der Waals surface area contributed by atoms with Crippen molar-refractivity contribution < 1.29 is 26.3 Å². The number of halogens is 6. The maximum Gasteiger partial charge on any atom is 0.416 e. The van der Waals surface area contributed by atoms with E-state index in [0.29, 0.717) is 56.2 Å². The predicted molar refractivity (Wildman–Crippen MR) is 172 cm³/mol. The van der Waals surface area contributed by atoms with E-state index in [9.17, 15) is 35.9 Å². The summed E-state index contributed by atoms with van der Waals surface area (Å²) in [5.74, 6) is 0.837. The number of aromatic nitrogens is 8. The first-order valence-corrected chi connectivity index (χ1v) is 15.1. The molecule has 18 heteroatoms. The molecular formula is C32H32F6N10O2. The number of nitrogens with two attached hydrogens (primary N) is 2. The fraction of sp³-hybridized carbons (Fsp3) is 0.312. The summed E-state index contributed by atoms with van der Waals surface area (Å²) < 4.78 is 79.3. The standard InChI is InChI=1S/2C16H16F3N5O/c2*1-8(10-3-5-11(6-4-10)16(17,18)19)24-14-13(12(7-20)23-24)15(25)22-9(2)21-14/h2*3-6,8H,7,20H2,1-2H3,(H,21,22,25)/t2*8-/m10/s1. The fourth-order valence-corrected chi connectivity index (χ4v) is 5.46. The Morgan fingerprint density at radius 1 is 0.640 bits per heavy atom. The topological polar surface area (TPSA) is 179 Å². The molecule has 4 aromatic heterocycles. The molecule has 264 valence electrons. The second-order valence-electron chi connectivity index (χ2n) is 11.5. The molecule has 12 nitrogen and oxygen atoms in total. The molecule has 6 aromatic rings. The highest BCUT2D eigenvalue weighted by Crippen LogP contribution is 2.32. The Morgan fingerprint density at radius 2 is 0.960 bits per heavy atom. The number of hydrogen-bond acceptors (Lipinski definition) is 8. The van der Waals surface area contributed by atoms with Crippen molar-refractivity contribution in [3.8, 4) is 0 Å². The minimum absolute atomic E-state index is 0.0526. The van der Waals surface area contributed by atoms with Crippen LogP contribution in [0.2, 0.25) is 0 Å². The van der Waals surface area contributed by atoms with E-state index in [0.717, 1.165) is 24.3 Å². The second-order valence-corrected chi connectivity index (χ2v) is 11.5. The Labute approximate surface area is 279 Å². The van der Waals surface area contributed by atoms with Crippen LogP contribution in [0.3, 0.4) is 0 Å². The van der Waals surface area contributed by atoms with Gasteiger partial charge in [-0.25, -0.2) is 19.3 Å². The summed E-state index contributed by atoms with van der Waals surface area (Å²) in [6.45, 7) is 6.93. The lowest BCUT2D eigenvalue weighted by Crippen LogP contribution is -2.13. The summed E-state index contributed by atoms with van der Waals surface area (Å²) in [7, 11) is 0. The zero-order chi connectivity index (χ0) is 36.7. The third-order valence-corrected chi connectivity index (χ3v) is 8.07. The number of H-pyrrole nitrogens is 2. The zero-order valence-electron chi connectivity index (χ0n) is 27.1. The van der Waals surface area contributed by atoms with E-state index < -0.39 is 35.6 Å². The average molecular weight is 703 g/mol. The number of rotatable bonds is 6. The third-order valence-electron chi connectivity index (χ3n) is 8.07. The number of nitrogens with one attached hydrogen (secondary N) is 2. The lowest BCUT2D eigenvalue weighted by Gasteiger charge is -2.15. The summed E-state index contributed by atoms with van der Waals surface area (Å²) >= 11 is 0. The molecule has 6 N–H and O–H groups in total. The van der Waals surface area contributed by atoms with Crippen LogP contribution in [-0.4, -0.2) is 39.5 Å². The van der Waals surface area contributed by atoms with Crippen molar-refractivity contribution in [1.82, 2.24) is 39.5 Å². The number of aryl methyl sites for hydroxylation is 2. The molecular weight excluding hydrogens is 670 g/mol. The minimum atomic E-state index is -4.39. The SMILES string of the molecule is Cc1nc2c(c(CN)nn2[C@@H](C)c2ccc(C(F)(F)F)cc2)c(=O)[nH]1.Cc1nc2c(c(CN)nn2[C@H](C)c2ccc(C(F)(F)F)cc2)c(=O)[nH]1. The van der Waals surface area contributed by atoms with Crippen LogP contribution in [0.15, 0.2) is 58.1 Å². The lowest BCUT2D eigenvalue weighted by molar-refractivity contribution is -0.138. The highest BCUT2D eigenvalue weighted by molar-refractivity contribution is 5.78. The fourth-order valence-electron chi connectivity index (χ4n) is 5.46.